The van der Waals surface area contributed by atoms with E-state index in [2.05, 4.69) is 12.2 Å². The molecule has 0 aromatic heterocycles. The highest BCUT2D eigenvalue weighted by Crippen LogP contribution is 2.13. The topological polar surface area (TPSA) is 75.6 Å². The zero-order valence-corrected chi connectivity index (χ0v) is 19.2. The van der Waals surface area contributed by atoms with Crippen molar-refractivity contribution < 1.29 is 19.4 Å². The van der Waals surface area contributed by atoms with E-state index in [9.17, 15) is 9.59 Å². The predicted octanol–water partition coefficient (Wildman–Crippen LogP) is 5.68. The van der Waals surface area contributed by atoms with Crippen molar-refractivity contribution in [1.29, 1.82) is 0 Å². The van der Waals surface area contributed by atoms with Crippen LogP contribution in [-0.4, -0.2) is 36.2 Å². The van der Waals surface area contributed by atoms with Gasteiger partial charge in [0.05, 0.1) is 6.61 Å². The number of carbonyl (C=O) groups excluding carboxylic acids is 2. The maximum Gasteiger partial charge on any atom is 0.334 e. The Morgan fingerprint density at radius 3 is 1.66 bits per heavy atom. The quantitative estimate of drug-likeness (QED) is 0.187. The van der Waals surface area contributed by atoms with Crippen LogP contribution in [0.5, 0.6) is 0 Å². The number of ether oxygens (including phenoxy) is 1. The lowest BCUT2D eigenvalue weighted by Gasteiger charge is -2.07. The van der Waals surface area contributed by atoms with Gasteiger partial charge in [-0.15, -0.1) is 0 Å². The normalized spacial score (nSPS) is 12.0. The third kappa shape index (κ3) is 21.4. The van der Waals surface area contributed by atoms with Gasteiger partial charge >= 0.3 is 5.97 Å². The SMILES string of the molecule is CCCCCCCCCCCCCCCCCC(=O)NCCCOC(=O)C(C)O. The highest BCUT2D eigenvalue weighted by Gasteiger charge is 2.09. The van der Waals surface area contributed by atoms with Crippen molar-refractivity contribution in [3.05, 3.63) is 0 Å². The van der Waals surface area contributed by atoms with Gasteiger partial charge in [0.1, 0.15) is 6.10 Å². The average Bonchev–Trinajstić information content (AvgIpc) is 2.70. The van der Waals surface area contributed by atoms with Crippen molar-refractivity contribution >= 4 is 11.9 Å². The summed E-state index contributed by atoms with van der Waals surface area (Å²) in [5, 5.41) is 11.8. The van der Waals surface area contributed by atoms with Crippen LogP contribution in [0.25, 0.3) is 0 Å². The molecule has 172 valence electrons. The fourth-order valence-corrected chi connectivity index (χ4v) is 3.34. The summed E-state index contributed by atoms with van der Waals surface area (Å²) in [5.74, 6) is -0.546. The third-order valence-electron chi connectivity index (χ3n) is 5.24. The summed E-state index contributed by atoms with van der Waals surface area (Å²) in [7, 11) is 0. The molecule has 0 aromatic rings. The van der Waals surface area contributed by atoms with Crippen LogP contribution >= 0.6 is 0 Å². The molecular weight excluding hydrogens is 366 g/mol. The molecule has 0 saturated carbocycles. The summed E-state index contributed by atoms with van der Waals surface area (Å²) in [6.45, 7) is 4.37. The standard InChI is InChI=1S/C24H47NO4/c1-3-4-5-6-7-8-9-10-11-12-13-14-15-16-17-19-23(27)25-20-18-21-29-24(28)22(2)26/h22,26H,3-21H2,1-2H3,(H,25,27). The first-order valence-electron chi connectivity index (χ1n) is 12.2. The zero-order chi connectivity index (χ0) is 21.6. The predicted molar refractivity (Wildman–Crippen MR) is 120 cm³/mol. The van der Waals surface area contributed by atoms with Crippen LogP contribution in [0.1, 0.15) is 123 Å². The first-order chi connectivity index (χ1) is 14.1. The second-order valence-electron chi connectivity index (χ2n) is 8.25. The number of carbonyl (C=O) groups is 2. The van der Waals surface area contributed by atoms with Gasteiger partial charge in [-0.25, -0.2) is 4.79 Å². The molecule has 2 N–H and O–H groups in total. The number of aliphatic hydroxyl groups is 1. The fraction of sp³-hybridized carbons (Fsp3) is 0.917. The van der Waals surface area contributed by atoms with Gasteiger partial charge in [0.2, 0.25) is 5.91 Å². The molecule has 0 aliphatic carbocycles. The Morgan fingerprint density at radius 1 is 0.759 bits per heavy atom. The van der Waals surface area contributed by atoms with Gasteiger partial charge in [-0.05, 0) is 19.8 Å². The van der Waals surface area contributed by atoms with Crippen LogP contribution in [0.15, 0.2) is 0 Å². The van der Waals surface area contributed by atoms with Gasteiger partial charge in [-0.1, -0.05) is 96.8 Å². The molecule has 0 aliphatic rings. The number of esters is 1. The molecule has 0 saturated heterocycles. The molecule has 0 aromatic carbocycles. The fourth-order valence-electron chi connectivity index (χ4n) is 3.34. The molecule has 29 heavy (non-hydrogen) atoms. The maximum atomic E-state index is 11.7. The van der Waals surface area contributed by atoms with E-state index in [0.717, 1.165) is 12.8 Å². The van der Waals surface area contributed by atoms with E-state index in [1.54, 1.807) is 0 Å². The Morgan fingerprint density at radius 2 is 1.21 bits per heavy atom. The van der Waals surface area contributed by atoms with Crippen LogP contribution in [0, 0.1) is 0 Å². The lowest BCUT2D eigenvalue weighted by Crippen LogP contribution is -2.26. The van der Waals surface area contributed by atoms with Crippen molar-refractivity contribution in [1.82, 2.24) is 5.32 Å². The molecule has 0 spiro atoms. The summed E-state index contributed by atoms with van der Waals surface area (Å²) in [4.78, 5) is 22.8. The largest absolute Gasteiger partial charge is 0.464 e. The van der Waals surface area contributed by atoms with E-state index in [1.165, 1.54) is 90.4 Å². The van der Waals surface area contributed by atoms with E-state index in [0.29, 0.717) is 19.4 Å². The average molecular weight is 414 g/mol. The molecule has 1 atom stereocenters. The number of amides is 1. The summed E-state index contributed by atoms with van der Waals surface area (Å²) < 4.78 is 4.84. The van der Waals surface area contributed by atoms with Gasteiger partial charge in [0, 0.05) is 13.0 Å². The van der Waals surface area contributed by atoms with Gasteiger partial charge in [0.25, 0.3) is 0 Å². The lowest BCUT2D eigenvalue weighted by molar-refractivity contribution is -0.152. The first kappa shape index (κ1) is 27.9. The number of hydrogen-bond acceptors (Lipinski definition) is 4. The molecule has 5 heteroatoms. The van der Waals surface area contributed by atoms with Crippen LogP contribution in [0.2, 0.25) is 0 Å². The maximum absolute atomic E-state index is 11.7. The van der Waals surface area contributed by atoms with Crippen molar-refractivity contribution in [3.8, 4) is 0 Å². The Balaban J connectivity index is 3.20. The van der Waals surface area contributed by atoms with E-state index in [1.807, 2.05) is 0 Å². The van der Waals surface area contributed by atoms with Crippen LogP contribution in [0.3, 0.4) is 0 Å². The summed E-state index contributed by atoms with van der Waals surface area (Å²) in [6.07, 6.45) is 19.9. The minimum absolute atomic E-state index is 0.0709. The summed E-state index contributed by atoms with van der Waals surface area (Å²) in [5.41, 5.74) is 0. The number of aliphatic hydroxyl groups excluding tert-OH is 1. The Bertz CT molecular complexity index is 385. The van der Waals surface area contributed by atoms with Crippen LogP contribution in [-0.2, 0) is 14.3 Å². The van der Waals surface area contributed by atoms with Crippen LogP contribution < -0.4 is 5.32 Å². The molecule has 0 radical (unpaired) electrons. The van der Waals surface area contributed by atoms with E-state index in [4.69, 9.17) is 9.84 Å². The first-order valence-corrected chi connectivity index (χ1v) is 12.2. The van der Waals surface area contributed by atoms with Crippen molar-refractivity contribution in [3.63, 3.8) is 0 Å². The molecule has 1 unspecified atom stereocenters. The second-order valence-corrected chi connectivity index (χ2v) is 8.25. The highest BCUT2D eigenvalue weighted by atomic mass is 16.5. The summed E-state index contributed by atoms with van der Waals surface area (Å²) in [6, 6.07) is 0. The van der Waals surface area contributed by atoms with E-state index >= 15 is 0 Å². The molecule has 1 amide bonds. The van der Waals surface area contributed by atoms with Crippen LogP contribution in [0.4, 0.5) is 0 Å². The summed E-state index contributed by atoms with van der Waals surface area (Å²) >= 11 is 0. The van der Waals surface area contributed by atoms with E-state index < -0.39 is 12.1 Å². The minimum Gasteiger partial charge on any atom is -0.464 e. The monoisotopic (exact) mass is 413 g/mol. The Hall–Kier alpha value is -1.10. The molecule has 0 rings (SSSR count). The Labute approximate surface area is 179 Å². The van der Waals surface area contributed by atoms with Gasteiger partial charge in [-0.2, -0.15) is 0 Å². The second kappa shape index (κ2) is 21.6. The minimum atomic E-state index is -1.09. The number of nitrogens with one attached hydrogen (secondary N) is 1. The molecule has 0 bridgehead atoms. The number of rotatable bonds is 21. The van der Waals surface area contributed by atoms with Gasteiger partial charge in [0.15, 0.2) is 0 Å². The molecule has 0 aliphatic heterocycles. The highest BCUT2D eigenvalue weighted by molar-refractivity contribution is 5.75. The third-order valence-corrected chi connectivity index (χ3v) is 5.24. The number of unbranched alkanes of at least 4 members (excludes halogenated alkanes) is 14. The zero-order valence-electron chi connectivity index (χ0n) is 19.2. The molecule has 5 nitrogen and oxygen atoms in total. The van der Waals surface area contributed by atoms with E-state index in [-0.39, 0.29) is 12.5 Å². The molecule has 0 fully saturated rings. The number of hydrogen-bond donors (Lipinski definition) is 2. The van der Waals surface area contributed by atoms with Gasteiger partial charge in [-0.3, -0.25) is 4.79 Å². The van der Waals surface area contributed by atoms with Crippen molar-refractivity contribution in [2.75, 3.05) is 13.2 Å². The van der Waals surface area contributed by atoms with Crippen molar-refractivity contribution in [2.45, 2.75) is 129 Å². The molecular formula is C24H47NO4. The lowest BCUT2D eigenvalue weighted by atomic mass is 10.0. The molecule has 0 heterocycles. The Kier molecular flexibility index (Phi) is 20.8. The smallest absolute Gasteiger partial charge is 0.334 e. The van der Waals surface area contributed by atoms with Gasteiger partial charge < -0.3 is 15.2 Å². The van der Waals surface area contributed by atoms with Crippen molar-refractivity contribution in [2.24, 2.45) is 0 Å².